The largest absolute Gasteiger partial charge is 0.309 e. The van der Waals surface area contributed by atoms with Gasteiger partial charge in [0.1, 0.15) is 0 Å². The number of aromatic nitrogens is 1. The maximum atomic E-state index is 2.57. The Morgan fingerprint density at radius 3 is 1.69 bits per heavy atom. The molecule has 1 aromatic heterocycles. The molecule has 0 amide bonds. The molecule has 0 unspecified atom stereocenters. The molecule has 0 bridgehead atoms. The highest BCUT2D eigenvalue weighted by Crippen LogP contribution is 2.51. The van der Waals surface area contributed by atoms with Crippen LogP contribution in [0.5, 0.6) is 0 Å². The van der Waals surface area contributed by atoms with E-state index in [1.165, 1.54) is 103 Å². The van der Waals surface area contributed by atoms with Crippen molar-refractivity contribution < 1.29 is 0 Å². The number of hydrogen-bond acceptors (Lipinski definition) is 1. The van der Waals surface area contributed by atoms with Crippen molar-refractivity contribution in [1.82, 2.24) is 4.57 Å². The molecule has 0 saturated heterocycles. The molecule has 2 nitrogen and oxygen atoms in total. The number of hydrogen-bond donors (Lipinski definition) is 0. The molecule has 0 N–H and O–H groups in total. The van der Waals surface area contributed by atoms with Gasteiger partial charge in [0.2, 0.25) is 0 Å². The molecule has 278 valence electrons. The zero-order chi connectivity index (χ0) is 38.4. The fraction of sp³-hybridized carbons (Fsp3) is 0.107. The van der Waals surface area contributed by atoms with Crippen molar-refractivity contribution in [3.63, 3.8) is 0 Å². The molecule has 0 spiro atoms. The number of fused-ring (bicyclic) bond motifs is 5. The first-order chi connectivity index (χ1) is 28.8. The maximum absolute atomic E-state index is 2.57. The van der Waals surface area contributed by atoms with Gasteiger partial charge < -0.3 is 9.47 Å². The van der Waals surface area contributed by atoms with Gasteiger partial charge >= 0.3 is 0 Å². The van der Waals surface area contributed by atoms with Crippen molar-refractivity contribution in [3.8, 4) is 27.9 Å². The average Bonchev–Trinajstić information content (AvgIpc) is 3.64. The van der Waals surface area contributed by atoms with E-state index >= 15 is 0 Å². The first-order valence-corrected chi connectivity index (χ1v) is 20.9. The van der Waals surface area contributed by atoms with E-state index < -0.39 is 0 Å². The van der Waals surface area contributed by atoms with Gasteiger partial charge in [-0.2, -0.15) is 0 Å². The molecule has 0 radical (unpaired) electrons. The summed E-state index contributed by atoms with van der Waals surface area (Å²) in [5, 5.41) is 7.64. The first kappa shape index (κ1) is 34.4. The minimum Gasteiger partial charge on any atom is -0.309 e. The molecule has 1 aliphatic carbocycles. The number of rotatable bonds is 7. The van der Waals surface area contributed by atoms with E-state index in [0.717, 1.165) is 22.7 Å². The van der Waals surface area contributed by atoms with Gasteiger partial charge in [0.15, 0.2) is 0 Å². The minimum absolute atomic E-state index is 0.576. The van der Waals surface area contributed by atoms with Crippen molar-refractivity contribution >= 4 is 60.4 Å². The third-order valence-corrected chi connectivity index (χ3v) is 12.6. The fourth-order valence-electron chi connectivity index (χ4n) is 10.0. The zero-order valence-corrected chi connectivity index (χ0v) is 32.6. The molecule has 58 heavy (non-hydrogen) atoms. The Labute approximate surface area is 340 Å². The Balaban J connectivity index is 1.24. The molecule has 1 fully saturated rings. The van der Waals surface area contributed by atoms with Crippen LogP contribution in [-0.4, -0.2) is 4.57 Å². The highest BCUT2D eigenvalue weighted by Gasteiger charge is 2.27. The van der Waals surface area contributed by atoms with E-state index in [-0.39, 0.29) is 0 Å². The van der Waals surface area contributed by atoms with Crippen molar-refractivity contribution in [2.24, 2.45) is 0 Å². The van der Waals surface area contributed by atoms with Crippen LogP contribution in [0.25, 0.3) is 71.3 Å². The fourth-order valence-corrected chi connectivity index (χ4v) is 10.0. The SMILES string of the molecule is c1ccc(-n2c3ccccc3c3c(N(c4ccccc4-c4cccc5ccccc45)c4ccccc4-c4cccc5cccc(C6CCCCC6)c45)cccc32)cc1. The van der Waals surface area contributed by atoms with E-state index in [4.69, 9.17) is 0 Å². The van der Waals surface area contributed by atoms with Gasteiger partial charge in [-0.25, -0.2) is 0 Å². The minimum atomic E-state index is 0.576. The highest BCUT2D eigenvalue weighted by atomic mass is 15.2. The van der Waals surface area contributed by atoms with E-state index in [1.54, 1.807) is 0 Å². The summed E-state index contributed by atoms with van der Waals surface area (Å²) >= 11 is 0. The summed E-state index contributed by atoms with van der Waals surface area (Å²) in [6.07, 6.45) is 6.46. The van der Waals surface area contributed by atoms with E-state index in [1.807, 2.05) is 0 Å². The van der Waals surface area contributed by atoms with E-state index in [9.17, 15) is 0 Å². The van der Waals surface area contributed by atoms with Gasteiger partial charge in [-0.1, -0.05) is 177 Å². The summed E-state index contributed by atoms with van der Waals surface area (Å²) in [5.74, 6) is 0.576. The standard InChI is InChI=1S/C56H44N2/c1-3-19-40(20-4-1)44-31-16-23-41-24-17-33-48(55(41)44)47-29-10-13-35-51(47)58(50-34-12-9-28-46(50)45-32-15-22-39-21-7-8-27-43(39)45)54-38-18-37-53-56(54)49-30-11-14-36-52(49)57(53)42-25-5-2-6-26-42/h2,5-18,21-38,40H,1,3-4,19-20H2. The Bertz CT molecular complexity index is 3100. The number of nitrogens with zero attached hydrogens (tertiary/aromatic N) is 2. The lowest BCUT2D eigenvalue weighted by molar-refractivity contribution is 0.445. The number of anilines is 3. The molecule has 9 aromatic carbocycles. The van der Waals surface area contributed by atoms with Gasteiger partial charge in [-0.15, -0.1) is 0 Å². The average molecular weight is 745 g/mol. The van der Waals surface area contributed by atoms with Crippen molar-refractivity contribution in [1.29, 1.82) is 0 Å². The summed E-state index contributed by atoms with van der Waals surface area (Å²) in [4.78, 5) is 2.57. The zero-order valence-electron chi connectivity index (χ0n) is 32.6. The van der Waals surface area contributed by atoms with Gasteiger partial charge in [-0.3, -0.25) is 0 Å². The molecule has 11 rings (SSSR count). The first-order valence-electron chi connectivity index (χ1n) is 20.9. The molecule has 10 aromatic rings. The molecule has 1 saturated carbocycles. The van der Waals surface area contributed by atoms with Crippen LogP contribution in [0.15, 0.2) is 200 Å². The summed E-state index contributed by atoms with van der Waals surface area (Å²) < 4.78 is 2.43. The Kier molecular flexibility index (Phi) is 8.62. The van der Waals surface area contributed by atoms with Crippen LogP contribution >= 0.6 is 0 Å². The number of para-hydroxylation sites is 4. The molecule has 1 aliphatic rings. The third-order valence-electron chi connectivity index (χ3n) is 12.6. The normalized spacial score (nSPS) is 13.4. The highest BCUT2D eigenvalue weighted by molar-refractivity contribution is 6.18. The van der Waals surface area contributed by atoms with E-state index in [2.05, 4.69) is 210 Å². The van der Waals surface area contributed by atoms with Crippen LogP contribution in [0.3, 0.4) is 0 Å². The second-order valence-corrected chi connectivity index (χ2v) is 15.8. The van der Waals surface area contributed by atoms with Crippen LogP contribution < -0.4 is 4.90 Å². The van der Waals surface area contributed by atoms with Crippen molar-refractivity contribution in [3.05, 3.63) is 206 Å². The molecule has 1 heterocycles. The van der Waals surface area contributed by atoms with Crippen LogP contribution in [-0.2, 0) is 0 Å². The van der Waals surface area contributed by atoms with Crippen LogP contribution in [0, 0.1) is 0 Å². The Morgan fingerprint density at radius 1 is 0.362 bits per heavy atom. The van der Waals surface area contributed by atoms with Crippen LogP contribution in [0.2, 0.25) is 0 Å². The molecular formula is C56H44N2. The molecule has 0 aliphatic heterocycles. The lowest BCUT2D eigenvalue weighted by Crippen LogP contribution is -2.13. The second-order valence-electron chi connectivity index (χ2n) is 15.8. The molecule has 0 atom stereocenters. The summed E-state index contributed by atoms with van der Waals surface area (Å²) in [7, 11) is 0. The summed E-state index contributed by atoms with van der Waals surface area (Å²) in [5.41, 5.74) is 13.4. The predicted octanol–water partition coefficient (Wildman–Crippen LogP) is 15.9. The smallest absolute Gasteiger partial charge is 0.0562 e. The topological polar surface area (TPSA) is 8.17 Å². The Hall–Kier alpha value is -6.90. The van der Waals surface area contributed by atoms with Gasteiger partial charge in [0.25, 0.3) is 0 Å². The number of benzene rings is 9. The van der Waals surface area contributed by atoms with Gasteiger partial charge in [0.05, 0.1) is 28.1 Å². The maximum Gasteiger partial charge on any atom is 0.0562 e. The quantitative estimate of drug-likeness (QED) is 0.158. The van der Waals surface area contributed by atoms with Crippen molar-refractivity contribution in [2.75, 3.05) is 4.90 Å². The molecular weight excluding hydrogens is 701 g/mol. The van der Waals surface area contributed by atoms with Crippen LogP contribution in [0.4, 0.5) is 17.1 Å². The lowest BCUT2D eigenvalue weighted by Gasteiger charge is -2.31. The predicted molar refractivity (Wildman–Crippen MR) is 247 cm³/mol. The second kappa shape index (κ2) is 14.6. The van der Waals surface area contributed by atoms with Crippen LogP contribution in [0.1, 0.15) is 43.6 Å². The third kappa shape index (κ3) is 5.71. The lowest BCUT2D eigenvalue weighted by atomic mass is 9.80. The summed E-state index contributed by atoms with van der Waals surface area (Å²) in [6, 6.07) is 74.1. The Morgan fingerprint density at radius 2 is 0.897 bits per heavy atom. The summed E-state index contributed by atoms with van der Waals surface area (Å²) in [6.45, 7) is 0. The van der Waals surface area contributed by atoms with E-state index in [0.29, 0.717) is 5.92 Å². The van der Waals surface area contributed by atoms with Gasteiger partial charge in [-0.05, 0) is 99.5 Å². The van der Waals surface area contributed by atoms with Crippen molar-refractivity contribution in [2.45, 2.75) is 38.0 Å². The monoisotopic (exact) mass is 744 g/mol. The molecule has 2 heteroatoms. The van der Waals surface area contributed by atoms with Gasteiger partial charge in [0, 0.05) is 27.6 Å².